The number of hydrogen-bond acceptors (Lipinski definition) is 3. The van der Waals surface area contributed by atoms with E-state index < -0.39 is 0 Å². The van der Waals surface area contributed by atoms with Crippen LogP contribution >= 0.6 is 27.5 Å². The minimum atomic E-state index is -0.204. The molecular weight excluding hydrogens is 344 g/mol. The fourth-order valence-corrected chi connectivity index (χ4v) is 2.47. The average Bonchev–Trinajstić information content (AvgIpc) is 3.17. The van der Waals surface area contributed by atoms with Gasteiger partial charge in [-0.1, -0.05) is 11.6 Å². The third-order valence-electron chi connectivity index (χ3n) is 3.10. The Morgan fingerprint density at radius 3 is 2.90 bits per heavy atom. The number of carbonyl (C=O) groups excluding carboxylic acids is 1. The van der Waals surface area contributed by atoms with Gasteiger partial charge in [-0.25, -0.2) is 4.98 Å². The highest BCUT2D eigenvalue weighted by atomic mass is 79.9. The fourth-order valence-electron chi connectivity index (χ4n) is 2.02. The molecular formula is C13H12BrClN4O. The maximum absolute atomic E-state index is 12.3. The van der Waals surface area contributed by atoms with Gasteiger partial charge in [0.1, 0.15) is 10.8 Å². The molecule has 7 heteroatoms. The van der Waals surface area contributed by atoms with Gasteiger partial charge in [-0.2, -0.15) is 0 Å². The number of nitrogens with two attached hydrogens (primary N) is 1. The summed E-state index contributed by atoms with van der Waals surface area (Å²) in [4.78, 5) is 16.3. The summed E-state index contributed by atoms with van der Waals surface area (Å²) in [5.74, 6) is -0.204. The summed E-state index contributed by atoms with van der Waals surface area (Å²) in [5, 5.41) is 3.15. The van der Waals surface area contributed by atoms with Crippen LogP contribution in [0.4, 0.5) is 11.4 Å². The number of pyridine rings is 1. The molecule has 3 rings (SSSR count). The van der Waals surface area contributed by atoms with Gasteiger partial charge in [0.2, 0.25) is 0 Å². The Balaban J connectivity index is 1.84. The van der Waals surface area contributed by atoms with Gasteiger partial charge in [0, 0.05) is 12.2 Å². The van der Waals surface area contributed by atoms with Crippen LogP contribution < -0.4 is 11.1 Å². The highest BCUT2D eigenvalue weighted by Crippen LogP contribution is 2.37. The minimum absolute atomic E-state index is 0.204. The molecule has 1 aliphatic carbocycles. The summed E-state index contributed by atoms with van der Waals surface area (Å²) in [5.41, 5.74) is 7.52. The van der Waals surface area contributed by atoms with E-state index >= 15 is 0 Å². The van der Waals surface area contributed by atoms with Gasteiger partial charge >= 0.3 is 0 Å². The number of aromatic nitrogens is 2. The lowest BCUT2D eigenvalue weighted by Crippen LogP contribution is -2.16. The molecule has 2 heterocycles. The molecule has 3 N–H and O–H groups in total. The van der Waals surface area contributed by atoms with Crippen molar-refractivity contribution >= 4 is 44.8 Å². The van der Waals surface area contributed by atoms with Crippen molar-refractivity contribution in [3.8, 4) is 0 Å². The first-order valence-corrected chi connectivity index (χ1v) is 7.31. The lowest BCUT2D eigenvalue weighted by atomic mass is 10.3. The van der Waals surface area contributed by atoms with Gasteiger partial charge in [-0.3, -0.25) is 4.79 Å². The van der Waals surface area contributed by atoms with E-state index in [0.29, 0.717) is 32.7 Å². The monoisotopic (exact) mass is 354 g/mol. The molecule has 20 heavy (non-hydrogen) atoms. The topological polar surface area (TPSA) is 72.9 Å². The minimum Gasteiger partial charge on any atom is -0.397 e. The molecule has 1 fully saturated rings. The van der Waals surface area contributed by atoms with Crippen molar-refractivity contribution in [1.82, 2.24) is 9.55 Å². The maximum Gasteiger partial charge on any atom is 0.272 e. The summed E-state index contributed by atoms with van der Waals surface area (Å²) in [6.45, 7) is 0. The summed E-state index contributed by atoms with van der Waals surface area (Å²) in [7, 11) is 0. The number of halogens is 2. The molecule has 0 unspecified atom stereocenters. The van der Waals surface area contributed by atoms with Crippen LogP contribution in [0.15, 0.2) is 29.0 Å². The summed E-state index contributed by atoms with van der Waals surface area (Å²) >= 11 is 9.09. The van der Waals surface area contributed by atoms with Crippen LogP contribution in [-0.4, -0.2) is 15.5 Å². The zero-order valence-corrected chi connectivity index (χ0v) is 12.8. The SMILES string of the molecule is Nc1cc(C(=O)Nc2cnc(Cl)c(Br)c2)n(C2CC2)c1. The van der Waals surface area contributed by atoms with E-state index in [1.54, 1.807) is 12.1 Å². The van der Waals surface area contributed by atoms with Crippen LogP contribution in [0.25, 0.3) is 0 Å². The largest absolute Gasteiger partial charge is 0.397 e. The Morgan fingerprint density at radius 1 is 1.50 bits per heavy atom. The normalized spacial score (nSPS) is 14.3. The predicted octanol–water partition coefficient (Wildman–Crippen LogP) is 3.47. The molecule has 1 saturated carbocycles. The zero-order chi connectivity index (χ0) is 14.3. The van der Waals surface area contributed by atoms with E-state index in [4.69, 9.17) is 17.3 Å². The molecule has 5 nitrogen and oxygen atoms in total. The molecule has 0 radical (unpaired) electrons. The molecule has 0 aliphatic heterocycles. The first-order valence-electron chi connectivity index (χ1n) is 6.14. The number of hydrogen-bond donors (Lipinski definition) is 2. The first kappa shape index (κ1) is 13.5. The predicted molar refractivity (Wildman–Crippen MR) is 82.0 cm³/mol. The Labute approximate surface area is 129 Å². The van der Waals surface area contributed by atoms with Crippen LogP contribution in [0.5, 0.6) is 0 Å². The molecule has 0 aromatic carbocycles. The molecule has 0 spiro atoms. The van der Waals surface area contributed by atoms with Crippen LogP contribution in [-0.2, 0) is 0 Å². The van der Waals surface area contributed by atoms with Gasteiger partial charge in [0.15, 0.2) is 0 Å². The molecule has 0 atom stereocenters. The molecule has 1 aliphatic rings. The van der Waals surface area contributed by atoms with E-state index in [9.17, 15) is 4.79 Å². The molecule has 0 saturated heterocycles. The molecule has 2 aromatic heterocycles. The van der Waals surface area contributed by atoms with Gasteiger partial charge in [0.25, 0.3) is 5.91 Å². The fraction of sp³-hybridized carbons (Fsp3) is 0.231. The summed E-state index contributed by atoms with van der Waals surface area (Å²) in [6, 6.07) is 3.79. The van der Waals surface area contributed by atoms with Crippen molar-refractivity contribution in [2.45, 2.75) is 18.9 Å². The van der Waals surface area contributed by atoms with Crippen LogP contribution in [0.2, 0.25) is 5.15 Å². The van der Waals surface area contributed by atoms with E-state index in [0.717, 1.165) is 12.8 Å². The highest BCUT2D eigenvalue weighted by molar-refractivity contribution is 9.10. The molecule has 1 amide bonds. The first-order chi connectivity index (χ1) is 9.54. The van der Waals surface area contributed by atoms with Gasteiger partial charge in [-0.05, 0) is 40.9 Å². The smallest absolute Gasteiger partial charge is 0.272 e. The molecule has 104 valence electrons. The van der Waals surface area contributed by atoms with E-state index in [-0.39, 0.29) is 5.91 Å². The Morgan fingerprint density at radius 2 is 2.25 bits per heavy atom. The summed E-state index contributed by atoms with van der Waals surface area (Å²) in [6.07, 6.45) is 5.49. The number of carbonyl (C=O) groups is 1. The Kier molecular flexibility index (Phi) is 3.43. The lowest BCUT2D eigenvalue weighted by Gasteiger charge is -2.08. The highest BCUT2D eigenvalue weighted by Gasteiger charge is 2.27. The van der Waals surface area contributed by atoms with Crippen molar-refractivity contribution in [1.29, 1.82) is 0 Å². The van der Waals surface area contributed by atoms with E-state index in [1.165, 1.54) is 6.20 Å². The second kappa shape index (κ2) is 5.10. The second-order valence-electron chi connectivity index (χ2n) is 4.75. The standard InChI is InChI=1S/C13H12BrClN4O/c14-10-4-8(5-17-12(10)15)18-13(20)11-3-7(16)6-19(11)9-1-2-9/h3-6,9H,1-2,16H2,(H,18,20). The van der Waals surface area contributed by atoms with Gasteiger partial charge in [0.05, 0.1) is 22.0 Å². The molecule has 2 aromatic rings. The number of nitrogen functional groups attached to an aromatic ring is 1. The van der Waals surface area contributed by atoms with Crippen molar-refractivity contribution in [2.24, 2.45) is 0 Å². The number of nitrogens with zero attached hydrogens (tertiary/aromatic N) is 2. The number of nitrogens with one attached hydrogen (secondary N) is 1. The van der Waals surface area contributed by atoms with E-state index in [1.807, 2.05) is 10.8 Å². The summed E-state index contributed by atoms with van der Waals surface area (Å²) < 4.78 is 2.57. The van der Waals surface area contributed by atoms with Crippen molar-refractivity contribution in [3.63, 3.8) is 0 Å². The number of amides is 1. The van der Waals surface area contributed by atoms with Crippen LogP contribution in [0, 0.1) is 0 Å². The quantitative estimate of drug-likeness (QED) is 0.828. The van der Waals surface area contributed by atoms with Crippen molar-refractivity contribution in [2.75, 3.05) is 11.1 Å². The van der Waals surface area contributed by atoms with Gasteiger partial charge in [-0.15, -0.1) is 0 Å². The van der Waals surface area contributed by atoms with Crippen LogP contribution in [0.3, 0.4) is 0 Å². The molecule has 0 bridgehead atoms. The zero-order valence-electron chi connectivity index (χ0n) is 10.4. The lowest BCUT2D eigenvalue weighted by molar-refractivity contribution is 0.101. The Hall–Kier alpha value is -1.53. The van der Waals surface area contributed by atoms with Crippen molar-refractivity contribution in [3.05, 3.63) is 39.8 Å². The van der Waals surface area contributed by atoms with Crippen molar-refractivity contribution < 1.29 is 4.79 Å². The average molecular weight is 356 g/mol. The third-order valence-corrected chi connectivity index (χ3v) is 4.23. The van der Waals surface area contributed by atoms with E-state index in [2.05, 4.69) is 26.2 Å². The Bertz CT molecular complexity index is 681. The second-order valence-corrected chi connectivity index (χ2v) is 5.96. The van der Waals surface area contributed by atoms with Crippen LogP contribution in [0.1, 0.15) is 29.4 Å². The number of rotatable bonds is 3. The number of anilines is 2. The maximum atomic E-state index is 12.3. The van der Waals surface area contributed by atoms with Gasteiger partial charge < -0.3 is 15.6 Å². The third kappa shape index (κ3) is 2.66.